The number of carbonyl (C=O) groups is 1. The molecule has 0 saturated carbocycles. The van der Waals surface area contributed by atoms with Gasteiger partial charge in [0.2, 0.25) is 15.9 Å². The summed E-state index contributed by atoms with van der Waals surface area (Å²) < 4.78 is 27.0. The molecule has 0 aliphatic rings. The third-order valence-corrected chi connectivity index (χ3v) is 6.45. The molecule has 2 aromatic rings. The topological polar surface area (TPSA) is 102 Å². The second kappa shape index (κ2) is 9.35. The quantitative estimate of drug-likeness (QED) is 0.709. The van der Waals surface area contributed by atoms with Crippen molar-refractivity contribution in [2.75, 3.05) is 30.3 Å². The zero-order chi connectivity index (χ0) is 20.7. The lowest BCUT2D eigenvalue weighted by atomic mass is 10.2. The van der Waals surface area contributed by atoms with Crippen LogP contribution >= 0.6 is 0 Å². The summed E-state index contributed by atoms with van der Waals surface area (Å²) in [6, 6.07) is 13.6. The van der Waals surface area contributed by atoms with E-state index in [9.17, 15) is 13.2 Å². The Morgan fingerprint density at radius 2 is 1.68 bits per heavy atom. The zero-order valence-corrected chi connectivity index (χ0v) is 17.0. The van der Waals surface area contributed by atoms with Crippen molar-refractivity contribution >= 4 is 27.3 Å². The molecule has 0 aromatic heterocycles. The number of anilines is 2. The van der Waals surface area contributed by atoms with E-state index in [0.29, 0.717) is 35.6 Å². The molecule has 148 valence electrons. The molecule has 2 rings (SSSR count). The molecule has 1 amide bonds. The number of nitrogens with one attached hydrogen (secondary N) is 2. The number of hydrogen-bond donors (Lipinski definition) is 2. The summed E-state index contributed by atoms with van der Waals surface area (Å²) in [6.07, 6.45) is 0. The number of rotatable bonds is 8. The van der Waals surface area contributed by atoms with E-state index < -0.39 is 10.0 Å². The molecule has 0 heterocycles. The molecule has 0 spiro atoms. The lowest BCUT2D eigenvalue weighted by Crippen LogP contribution is -2.31. The van der Waals surface area contributed by atoms with Crippen LogP contribution in [0.5, 0.6) is 0 Å². The summed E-state index contributed by atoms with van der Waals surface area (Å²) in [5.41, 5.74) is 2.29. The number of nitriles is 1. The van der Waals surface area contributed by atoms with Crippen LogP contribution in [0, 0.1) is 18.3 Å². The first-order chi connectivity index (χ1) is 13.3. The van der Waals surface area contributed by atoms with Crippen LogP contribution in [0.2, 0.25) is 0 Å². The minimum absolute atomic E-state index is 0.0200. The third-order valence-electron chi connectivity index (χ3n) is 4.26. The smallest absolute Gasteiger partial charge is 0.243 e. The molecule has 0 radical (unpaired) electrons. The highest BCUT2D eigenvalue weighted by Gasteiger charge is 2.23. The van der Waals surface area contributed by atoms with Gasteiger partial charge in [-0.3, -0.25) is 4.79 Å². The Morgan fingerprint density at radius 1 is 1.07 bits per heavy atom. The van der Waals surface area contributed by atoms with Crippen LogP contribution < -0.4 is 10.6 Å². The van der Waals surface area contributed by atoms with Gasteiger partial charge in [-0.05, 0) is 48.9 Å². The van der Waals surface area contributed by atoms with Gasteiger partial charge < -0.3 is 10.6 Å². The van der Waals surface area contributed by atoms with Crippen molar-refractivity contribution in [3.63, 3.8) is 0 Å². The van der Waals surface area contributed by atoms with Crippen LogP contribution in [0.1, 0.15) is 25.0 Å². The minimum Gasteiger partial charge on any atom is -0.376 e. The number of sulfonamides is 1. The van der Waals surface area contributed by atoms with E-state index >= 15 is 0 Å². The average molecular weight is 401 g/mol. The highest BCUT2D eigenvalue weighted by atomic mass is 32.2. The molecule has 0 unspecified atom stereocenters. The normalized spacial score (nSPS) is 11.1. The first kappa shape index (κ1) is 21.4. The van der Waals surface area contributed by atoms with Crippen molar-refractivity contribution in [1.82, 2.24) is 4.31 Å². The van der Waals surface area contributed by atoms with Gasteiger partial charge in [0.25, 0.3) is 0 Å². The van der Waals surface area contributed by atoms with E-state index in [1.165, 1.54) is 4.31 Å². The van der Waals surface area contributed by atoms with Crippen molar-refractivity contribution in [3.05, 3.63) is 53.6 Å². The number of benzene rings is 2. The molecule has 0 atom stereocenters. The Morgan fingerprint density at radius 3 is 2.25 bits per heavy atom. The van der Waals surface area contributed by atoms with Crippen LogP contribution in [0.4, 0.5) is 11.4 Å². The van der Waals surface area contributed by atoms with Gasteiger partial charge in [0.15, 0.2) is 0 Å². The van der Waals surface area contributed by atoms with Crippen molar-refractivity contribution < 1.29 is 13.2 Å². The van der Waals surface area contributed by atoms with E-state index in [-0.39, 0.29) is 17.3 Å². The predicted octanol–water partition coefficient (Wildman–Crippen LogP) is 2.95. The second-order valence-corrected chi connectivity index (χ2v) is 8.07. The molecular formula is C20H24N4O3S. The maximum Gasteiger partial charge on any atom is 0.243 e. The highest BCUT2D eigenvalue weighted by Crippen LogP contribution is 2.23. The Bertz CT molecular complexity index is 976. The van der Waals surface area contributed by atoms with E-state index in [0.717, 1.165) is 0 Å². The SMILES string of the molecule is CCN(CC)S(=O)(=O)c1cc(NCC(=O)Nc2ccc(C#N)cc2)ccc1C. The molecule has 0 fully saturated rings. The summed E-state index contributed by atoms with van der Waals surface area (Å²) in [4.78, 5) is 12.4. The first-order valence-corrected chi connectivity index (χ1v) is 10.4. The number of aryl methyl sites for hydroxylation is 1. The van der Waals surface area contributed by atoms with Crippen molar-refractivity contribution in [2.45, 2.75) is 25.7 Å². The molecular weight excluding hydrogens is 376 g/mol. The van der Waals surface area contributed by atoms with Crippen molar-refractivity contribution in [2.24, 2.45) is 0 Å². The van der Waals surface area contributed by atoms with Crippen molar-refractivity contribution in [1.29, 1.82) is 5.26 Å². The lowest BCUT2D eigenvalue weighted by Gasteiger charge is -2.20. The predicted molar refractivity (Wildman–Crippen MR) is 110 cm³/mol. The summed E-state index contributed by atoms with van der Waals surface area (Å²) in [6.45, 7) is 6.11. The molecule has 2 N–H and O–H groups in total. The number of nitrogens with zero attached hydrogens (tertiary/aromatic N) is 2. The van der Waals surface area contributed by atoms with Crippen molar-refractivity contribution in [3.8, 4) is 6.07 Å². The Kier molecular flexibility index (Phi) is 7.15. The van der Waals surface area contributed by atoms with Crippen LogP contribution in [0.15, 0.2) is 47.4 Å². The molecule has 0 saturated heterocycles. The van der Waals surface area contributed by atoms with Gasteiger partial charge in [0.1, 0.15) is 0 Å². The number of hydrogen-bond acceptors (Lipinski definition) is 5. The van der Waals surface area contributed by atoms with Gasteiger partial charge in [-0.2, -0.15) is 9.57 Å². The van der Waals surface area contributed by atoms with Crippen LogP contribution in [-0.4, -0.2) is 38.3 Å². The van der Waals surface area contributed by atoms with Crippen LogP contribution in [-0.2, 0) is 14.8 Å². The number of carbonyl (C=O) groups excluding carboxylic acids is 1. The van der Waals surface area contributed by atoms with Gasteiger partial charge in [-0.15, -0.1) is 0 Å². The highest BCUT2D eigenvalue weighted by molar-refractivity contribution is 7.89. The third kappa shape index (κ3) is 5.09. The summed E-state index contributed by atoms with van der Waals surface area (Å²) in [7, 11) is -3.58. The zero-order valence-electron chi connectivity index (χ0n) is 16.2. The number of amides is 1. The van der Waals surface area contributed by atoms with Gasteiger partial charge >= 0.3 is 0 Å². The van der Waals surface area contributed by atoms with E-state index in [1.54, 1.807) is 63.2 Å². The maximum atomic E-state index is 12.8. The fourth-order valence-corrected chi connectivity index (χ4v) is 4.42. The molecule has 0 aliphatic carbocycles. The fourth-order valence-electron chi connectivity index (χ4n) is 2.71. The largest absolute Gasteiger partial charge is 0.376 e. The van der Waals surface area contributed by atoms with E-state index in [2.05, 4.69) is 10.6 Å². The maximum absolute atomic E-state index is 12.8. The monoisotopic (exact) mass is 400 g/mol. The fraction of sp³-hybridized carbons (Fsp3) is 0.300. The summed E-state index contributed by atoms with van der Waals surface area (Å²) >= 11 is 0. The standard InChI is InChI=1S/C20H24N4O3S/c1-4-24(5-2)28(26,27)19-12-18(9-6-15(19)3)22-14-20(25)23-17-10-7-16(13-21)8-11-17/h6-12,22H,4-5,14H2,1-3H3,(H,23,25). The molecule has 8 heteroatoms. The Hall–Kier alpha value is -2.89. The van der Waals surface area contributed by atoms with Gasteiger partial charge in [-0.25, -0.2) is 8.42 Å². The second-order valence-electron chi connectivity index (χ2n) is 6.16. The summed E-state index contributed by atoms with van der Waals surface area (Å²) in [5.74, 6) is -0.279. The molecule has 0 aliphatic heterocycles. The molecule has 0 bridgehead atoms. The van der Waals surface area contributed by atoms with Gasteiger partial charge in [-0.1, -0.05) is 19.9 Å². The first-order valence-electron chi connectivity index (χ1n) is 8.96. The molecule has 7 nitrogen and oxygen atoms in total. The van der Waals surface area contributed by atoms with Gasteiger partial charge in [0.05, 0.1) is 23.1 Å². The lowest BCUT2D eigenvalue weighted by molar-refractivity contribution is -0.114. The van der Waals surface area contributed by atoms with Gasteiger partial charge in [0, 0.05) is 24.5 Å². The molecule has 28 heavy (non-hydrogen) atoms. The molecule has 2 aromatic carbocycles. The Labute approximate surface area is 166 Å². The van der Waals surface area contributed by atoms with Crippen LogP contribution in [0.3, 0.4) is 0 Å². The Balaban J connectivity index is 2.08. The summed E-state index contributed by atoms with van der Waals surface area (Å²) in [5, 5.41) is 14.5. The minimum atomic E-state index is -3.58. The van der Waals surface area contributed by atoms with Crippen LogP contribution in [0.25, 0.3) is 0 Å². The van der Waals surface area contributed by atoms with E-state index in [4.69, 9.17) is 5.26 Å². The average Bonchev–Trinajstić information content (AvgIpc) is 2.68. The van der Waals surface area contributed by atoms with E-state index in [1.807, 2.05) is 6.07 Å².